The SMILES string of the molecule is C=C(C)C(=O)OCc1cc([N+](=O)[O-])cc(C)c1S. The van der Waals surface area contributed by atoms with Crippen molar-refractivity contribution in [1.82, 2.24) is 0 Å². The summed E-state index contributed by atoms with van der Waals surface area (Å²) in [5, 5.41) is 10.7. The summed E-state index contributed by atoms with van der Waals surface area (Å²) in [4.78, 5) is 22.1. The van der Waals surface area contributed by atoms with Crippen LogP contribution in [0.4, 0.5) is 5.69 Å². The van der Waals surface area contributed by atoms with E-state index in [1.165, 1.54) is 19.1 Å². The molecule has 0 saturated carbocycles. The average Bonchev–Trinajstić information content (AvgIpc) is 2.29. The molecule has 1 rings (SSSR count). The number of ether oxygens (including phenoxy) is 1. The highest BCUT2D eigenvalue weighted by molar-refractivity contribution is 7.80. The lowest BCUT2D eigenvalue weighted by molar-refractivity contribution is -0.385. The van der Waals surface area contributed by atoms with E-state index < -0.39 is 10.9 Å². The zero-order chi connectivity index (χ0) is 13.9. The molecule has 0 aliphatic heterocycles. The second-order valence-electron chi connectivity index (χ2n) is 3.88. The van der Waals surface area contributed by atoms with Crippen molar-refractivity contribution >= 4 is 24.3 Å². The Bertz CT molecular complexity index is 525. The monoisotopic (exact) mass is 267 g/mol. The third-order valence-electron chi connectivity index (χ3n) is 2.28. The maximum absolute atomic E-state index is 11.3. The fraction of sp³-hybridized carbons (Fsp3) is 0.250. The van der Waals surface area contributed by atoms with Gasteiger partial charge in [-0.2, -0.15) is 0 Å². The van der Waals surface area contributed by atoms with Crippen molar-refractivity contribution < 1.29 is 14.5 Å². The second kappa shape index (κ2) is 5.68. The van der Waals surface area contributed by atoms with Crippen molar-refractivity contribution in [3.8, 4) is 0 Å². The van der Waals surface area contributed by atoms with Crippen molar-refractivity contribution in [1.29, 1.82) is 0 Å². The van der Waals surface area contributed by atoms with Crippen LogP contribution in [0.5, 0.6) is 0 Å². The highest BCUT2D eigenvalue weighted by Crippen LogP contribution is 2.25. The van der Waals surface area contributed by atoms with Gasteiger partial charge in [0.05, 0.1) is 4.92 Å². The third-order valence-corrected chi connectivity index (χ3v) is 2.92. The topological polar surface area (TPSA) is 69.4 Å². The molecule has 0 unspecified atom stereocenters. The number of hydrogen-bond donors (Lipinski definition) is 1. The van der Waals surface area contributed by atoms with Crippen LogP contribution in [-0.2, 0) is 16.1 Å². The number of carbonyl (C=O) groups excluding carboxylic acids is 1. The van der Waals surface area contributed by atoms with Crippen LogP contribution in [0.3, 0.4) is 0 Å². The Morgan fingerprint density at radius 1 is 1.56 bits per heavy atom. The molecule has 0 radical (unpaired) electrons. The smallest absolute Gasteiger partial charge is 0.333 e. The first kappa shape index (κ1) is 14.2. The Hall–Kier alpha value is -1.82. The van der Waals surface area contributed by atoms with Crippen molar-refractivity contribution in [3.63, 3.8) is 0 Å². The molecule has 6 heteroatoms. The van der Waals surface area contributed by atoms with E-state index in [1.807, 2.05) is 0 Å². The third kappa shape index (κ3) is 3.33. The van der Waals surface area contributed by atoms with E-state index in [4.69, 9.17) is 4.74 Å². The number of thiol groups is 1. The molecule has 1 aromatic rings. The molecule has 5 nitrogen and oxygen atoms in total. The predicted octanol–water partition coefficient (Wildman–Crippen LogP) is 2.81. The molecule has 0 aliphatic carbocycles. The summed E-state index contributed by atoms with van der Waals surface area (Å²) in [7, 11) is 0. The molecule has 96 valence electrons. The first-order valence-corrected chi connectivity index (χ1v) is 5.57. The zero-order valence-corrected chi connectivity index (χ0v) is 11.0. The Balaban J connectivity index is 2.98. The van der Waals surface area contributed by atoms with E-state index >= 15 is 0 Å². The molecule has 0 fully saturated rings. The van der Waals surface area contributed by atoms with E-state index in [9.17, 15) is 14.9 Å². The number of rotatable bonds is 4. The van der Waals surface area contributed by atoms with Gasteiger partial charge in [-0.15, -0.1) is 12.6 Å². The van der Waals surface area contributed by atoms with Crippen LogP contribution in [0.25, 0.3) is 0 Å². The maximum atomic E-state index is 11.3. The van der Waals surface area contributed by atoms with Crippen LogP contribution >= 0.6 is 12.6 Å². The van der Waals surface area contributed by atoms with E-state index in [-0.39, 0.29) is 17.9 Å². The quantitative estimate of drug-likeness (QED) is 0.299. The summed E-state index contributed by atoms with van der Waals surface area (Å²) in [5.74, 6) is -0.535. The van der Waals surface area contributed by atoms with Crippen molar-refractivity contribution in [2.24, 2.45) is 0 Å². The van der Waals surface area contributed by atoms with Gasteiger partial charge in [-0.25, -0.2) is 4.79 Å². The molecule has 0 heterocycles. The van der Waals surface area contributed by atoms with Gasteiger partial charge in [-0.3, -0.25) is 10.1 Å². The van der Waals surface area contributed by atoms with Gasteiger partial charge in [-0.1, -0.05) is 6.58 Å². The molecule has 18 heavy (non-hydrogen) atoms. The number of nitrogens with zero attached hydrogens (tertiary/aromatic N) is 1. The Morgan fingerprint density at radius 2 is 2.17 bits per heavy atom. The van der Waals surface area contributed by atoms with E-state index in [2.05, 4.69) is 19.2 Å². The van der Waals surface area contributed by atoms with Crippen LogP contribution < -0.4 is 0 Å². The van der Waals surface area contributed by atoms with Gasteiger partial charge in [0.1, 0.15) is 6.61 Å². The largest absolute Gasteiger partial charge is 0.457 e. The minimum Gasteiger partial charge on any atom is -0.457 e. The average molecular weight is 267 g/mol. The summed E-state index contributed by atoms with van der Waals surface area (Å²) < 4.78 is 4.95. The highest BCUT2D eigenvalue weighted by atomic mass is 32.1. The maximum Gasteiger partial charge on any atom is 0.333 e. The summed E-state index contributed by atoms with van der Waals surface area (Å²) in [5.41, 5.74) is 1.39. The number of benzene rings is 1. The number of hydrogen-bond acceptors (Lipinski definition) is 5. The molecule has 0 aliphatic rings. The van der Waals surface area contributed by atoms with Crippen LogP contribution in [-0.4, -0.2) is 10.9 Å². The number of nitro groups is 1. The van der Waals surface area contributed by atoms with E-state index in [1.54, 1.807) is 6.92 Å². The van der Waals surface area contributed by atoms with Crippen molar-refractivity contribution in [2.45, 2.75) is 25.3 Å². The zero-order valence-electron chi connectivity index (χ0n) is 10.1. The van der Waals surface area contributed by atoms with Gasteiger partial charge >= 0.3 is 5.97 Å². The van der Waals surface area contributed by atoms with Crippen LogP contribution in [0.15, 0.2) is 29.2 Å². The minimum atomic E-state index is -0.535. The van der Waals surface area contributed by atoms with Crippen LogP contribution in [0.2, 0.25) is 0 Å². The van der Waals surface area contributed by atoms with Crippen molar-refractivity contribution in [2.75, 3.05) is 0 Å². The summed E-state index contributed by atoms with van der Waals surface area (Å²) >= 11 is 4.24. The lowest BCUT2D eigenvalue weighted by Crippen LogP contribution is -2.06. The Morgan fingerprint density at radius 3 is 2.67 bits per heavy atom. The summed E-state index contributed by atoms with van der Waals surface area (Å²) in [6, 6.07) is 2.77. The molecule has 0 aromatic heterocycles. The molecular weight excluding hydrogens is 254 g/mol. The summed E-state index contributed by atoms with van der Waals surface area (Å²) in [6.45, 7) is 6.63. The number of non-ortho nitro benzene ring substituents is 1. The first-order chi connectivity index (χ1) is 8.32. The second-order valence-corrected chi connectivity index (χ2v) is 4.33. The molecule has 0 spiro atoms. The van der Waals surface area contributed by atoms with E-state index in [0.29, 0.717) is 16.0 Å². The molecular formula is C12H13NO4S. The highest BCUT2D eigenvalue weighted by Gasteiger charge is 2.14. The van der Waals surface area contributed by atoms with Gasteiger partial charge in [0.25, 0.3) is 5.69 Å². The molecule has 0 N–H and O–H groups in total. The fourth-order valence-corrected chi connectivity index (χ4v) is 1.51. The standard InChI is InChI=1S/C12H13NO4S/c1-7(2)12(14)17-6-9-5-10(13(15)16)4-8(3)11(9)18/h4-5,18H,1,6H2,2-3H3. The fourth-order valence-electron chi connectivity index (χ4n) is 1.31. The van der Waals surface area contributed by atoms with Crippen molar-refractivity contribution in [3.05, 3.63) is 45.5 Å². The molecule has 0 bridgehead atoms. The Labute approximate surface area is 110 Å². The van der Waals surface area contributed by atoms with Gasteiger partial charge in [0, 0.05) is 28.2 Å². The lowest BCUT2D eigenvalue weighted by atomic mass is 10.1. The van der Waals surface area contributed by atoms with Crippen LogP contribution in [0.1, 0.15) is 18.1 Å². The van der Waals surface area contributed by atoms with E-state index in [0.717, 1.165) is 0 Å². The molecule has 0 amide bonds. The first-order valence-electron chi connectivity index (χ1n) is 5.12. The Kier molecular flexibility index (Phi) is 4.49. The van der Waals surface area contributed by atoms with Gasteiger partial charge in [0.15, 0.2) is 0 Å². The number of esters is 1. The lowest BCUT2D eigenvalue weighted by Gasteiger charge is -2.09. The number of nitro benzene ring substituents is 1. The van der Waals surface area contributed by atoms with Gasteiger partial charge in [-0.05, 0) is 19.4 Å². The van der Waals surface area contributed by atoms with Gasteiger partial charge < -0.3 is 4.74 Å². The van der Waals surface area contributed by atoms with Gasteiger partial charge in [0.2, 0.25) is 0 Å². The van der Waals surface area contributed by atoms with Crippen LogP contribution in [0, 0.1) is 17.0 Å². The number of aryl methyl sites for hydroxylation is 1. The normalized spacial score (nSPS) is 9.94. The molecule has 0 saturated heterocycles. The molecule has 0 atom stereocenters. The number of carbonyl (C=O) groups is 1. The summed E-state index contributed by atoms with van der Waals surface area (Å²) in [6.07, 6.45) is 0. The predicted molar refractivity (Wildman–Crippen MR) is 69.7 cm³/mol. The molecule has 1 aromatic carbocycles. The minimum absolute atomic E-state index is 0.0494.